The molecular formula is C14H10ClF3O2. The molecule has 0 bridgehead atoms. The number of aliphatic hydroxyl groups is 1. The molecule has 2 nitrogen and oxygen atoms in total. The Balaban J connectivity index is 2.46. The first-order chi connectivity index (χ1) is 9.43. The van der Waals surface area contributed by atoms with E-state index in [0.29, 0.717) is 0 Å². The second-order valence-electron chi connectivity index (χ2n) is 4.08. The minimum atomic E-state index is -1.51. The molecule has 2 aromatic carbocycles. The lowest BCUT2D eigenvalue weighted by Gasteiger charge is -2.15. The quantitative estimate of drug-likeness (QED) is 0.873. The fourth-order valence-corrected chi connectivity index (χ4v) is 2.03. The van der Waals surface area contributed by atoms with Crippen LogP contribution < -0.4 is 4.74 Å². The number of methoxy groups -OCH3 is 1. The maximum atomic E-state index is 13.8. The summed E-state index contributed by atoms with van der Waals surface area (Å²) in [5.74, 6) is -2.77. The molecule has 1 unspecified atom stereocenters. The SMILES string of the molecule is COc1ccc(C(O)c2cc(F)c(F)cc2Cl)c(F)c1. The third kappa shape index (κ3) is 2.73. The van der Waals surface area contributed by atoms with Gasteiger partial charge in [0.2, 0.25) is 0 Å². The van der Waals surface area contributed by atoms with Crippen LogP contribution in [0.3, 0.4) is 0 Å². The molecule has 0 saturated heterocycles. The molecule has 0 radical (unpaired) electrons. The molecular weight excluding hydrogens is 293 g/mol. The Bertz CT molecular complexity index is 647. The van der Waals surface area contributed by atoms with E-state index in [-0.39, 0.29) is 21.9 Å². The third-order valence-corrected chi connectivity index (χ3v) is 3.16. The van der Waals surface area contributed by atoms with E-state index in [0.717, 1.165) is 18.2 Å². The topological polar surface area (TPSA) is 29.5 Å². The second-order valence-corrected chi connectivity index (χ2v) is 4.49. The van der Waals surface area contributed by atoms with Gasteiger partial charge in [-0.3, -0.25) is 0 Å². The molecule has 1 atom stereocenters. The molecule has 2 aromatic rings. The minimum absolute atomic E-state index is 0.112. The van der Waals surface area contributed by atoms with Crippen molar-refractivity contribution < 1.29 is 23.0 Å². The van der Waals surface area contributed by atoms with Gasteiger partial charge in [0.05, 0.1) is 7.11 Å². The van der Waals surface area contributed by atoms with Crippen molar-refractivity contribution in [3.63, 3.8) is 0 Å². The van der Waals surface area contributed by atoms with Crippen LogP contribution in [0.5, 0.6) is 5.75 Å². The zero-order valence-electron chi connectivity index (χ0n) is 10.3. The summed E-state index contributed by atoms with van der Waals surface area (Å²) in [6, 6.07) is 5.28. The van der Waals surface area contributed by atoms with Gasteiger partial charge in [0.15, 0.2) is 11.6 Å². The number of aliphatic hydroxyl groups excluding tert-OH is 1. The molecule has 2 rings (SSSR count). The monoisotopic (exact) mass is 302 g/mol. The van der Waals surface area contributed by atoms with E-state index in [1.54, 1.807) is 0 Å². The molecule has 0 spiro atoms. The van der Waals surface area contributed by atoms with Gasteiger partial charge >= 0.3 is 0 Å². The van der Waals surface area contributed by atoms with Gasteiger partial charge in [-0.05, 0) is 24.3 Å². The minimum Gasteiger partial charge on any atom is -0.497 e. The molecule has 106 valence electrons. The molecule has 0 aliphatic rings. The average Bonchev–Trinajstić information content (AvgIpc) is 2.42. The predicted molar refractivity (Wildman–Crippen MR) is 68.4 cm³/mol. The highest BCUT2D eigenvalue weighted by molar-refractivity contribution is 6.31. The molecule has 0 aliphatic carbocycles. The summed E-state index contributed by atoms with van der Waals surface area (Å²) in [6.07, 6.45) is -1.51. The van der Waals surface area contributed by atoms with Crippen molar-refractivity contribution >= 4 is 11.6 Å². The fourth-order valence-electron chi connectivity index (χ4n) is 1.77. The van der Waals surface area contributed by atoms with Crippen molar-refractivity contribution in [2.24, 2.45) is 0 Å². The molecule has 0 amide bonds. The van der Waals surface area contributed by atoms with Gasteiger partial charge in [-0.25, -0.2) is 13.2 Å². The number of benzene rings is 2. The summed E-state index contributed by atoms with van der Waals surface area (Å²) in [5.41, 5.74) is -0.228. The van der Waals surface area contributed by atoms with Gasteiger partial charge < -0.3 is 9.84 Å². The summed E-state index contributed by atoms with van der Waals surface area (Å²) >= 11 is 5.74. The lowest BCUT2D eigenvalue weighted by atomic mass is 10.0. The summed E-state index contributed by atoms with van der Waals surface area (Å²) in [5, 5.41) is 9.89. The van der Waals surface area contributed by atoms with E-state index in [9.17, 15) is 18.3 Å². The highest BCUT2D eigenvalue weighted by atomic mass is 35.5. The van der Waals surface area contributed by atoms with Crippen molar-refractivity contribution in [3.8, 4) is 5.75 Å². The normalized spacial score (nSPS) is 12.3. The van der Waals surface area contributed by atoms with Crippen LogP contribution in [-0.4, -0.2) is 12.2 Å². The first-order valence-electron chi connectivity index (χ1n) is 5.60. The van der Waals surface area contributed by atoms with Gasteiger partial charge in [-0.15, -0.1) is 0 Å². The van der Waals surface area contributed by atoms with Crippen molar-refractivity contribution in [2.45, 2.75) is 6.10 Å². The first-order valence-corrected chi connectivity index (χ1v) is 5.97. The molecule has 1 N–H and O–H groups in total. The third-order valence-electron chi connectivity index (χ3n) is 2.84. The summed E-state index contributed by atoms with van der Waals surface area (Å²) in [4.78, 5) is 0. The molecule has 0 aliphatic heterocycles. The smallest absolute Gasteiger partial charge is 0.160 e. The molecule has 6 heteroatoms. The van der Waals surface area contributed by atoms with Gasteiger partial charge in [-0.2, -0.15) is 0 Å². The van der Waals surface area contributed by atoms with Crippen molar-refractivity contribution in [1.82, 2.24) is 0 Å². The van der Waals surface area contributed by atoms with Crippen molar-refractivity contribution in [2.75, 3.05) is 7.11 Å². The van der Waals surface area contributed by atoms with Crippen LogP contribution in [0.25, 0.3) is 0 Å². The lowest BCUT2D eigenvalue weighted by molar-refractivity contribution is 0.214. The van der Waals surface area contributed by atoms with Gasteiger partial charge in [0.25, 0.3) is 0 Å². The van der Waals surface area contributed by atoms with E-state index in [1.807, 2.05) is 0 Å². The number of halogens is 4. The van der Waals surface area contributed by atoms with Crippen molar-refractivity contribution in [3.05, 3.63) is 63.9 Å². The summed E-state index contributed by atoms with van der Waals surface area (Å²) in [6.45, 7) is 0. The fraction of sp³-hybridized carbons (Fsp3) is 0.143. The van der Waals surface area contributed by atoms with E-state index in [1.165, 1.54) is 19.2 Å². The maximum Gasteiger partial charge on any atom is 0.160 e. The van der Waals surface area contributed by atoms with Crippen LogP contribution >= 0.6 is 11.6 Å². The maximum absolute atomic E-state index is 13.8. The number of hydrogen-bond acceptors (Lipinski definition) is 2. The molecule has 0 heterocycles. The Morgan fingerprint density at radius 1 is 1.00 bits per heavy atom. The van der Waals surface area contributed by atoms with Gasteiger partial charge in [-0.1, -0.05) is 11.6 Å². The standard InChI is InChI=1S/C14H10ClF3O2/c1-20-7-2-3-8(11(16)4-7)14(19)9-5-12(17)13(18)6-10(9)15/h2-6,14,19H,1H3. The molecule has 20 heavy (non-hydrogen) atoms. The Morgan fingerprint density at radius 2 is 1.65 bits per heavy atom. The lowest BCUT2D eigenvalue weighted by Crippen LogP contribution is -2.05. The van der Waals surface area contributed by atoms with Gasteiger partial charge in [0, 0.05) is 22.2 Å². The molecule has 0 fully saturated rings. The van der Waals surface area contributed by atoms with Crippen LogP contribution in [0.4, 0.5) is 13.2 Å². The zero-order valence-corrected chi connectivity index (χ0v) is 11.1. The zero-order chi connectivity index (χ0) is 14.9. The van der Waals surface area contributed by atoms with Crippen LogP contribution in [0.15, 0.2) is 30.3 Å². The Morgan fingerprint density at radius 3 is 2.25 bits per heavy atom. The molecule has 0 saturated carbocycles. The Labute approximate surface area is 118 Å². The van der Waals surface area contributed by atoms with E-state index in [4.69, 9.17) is 16.3 Å². The molecule has 0 aromatic heterocycles. The number of hydrogen-bond donors (Lipinski definition) is 1. The van der Waals surface area contributed by atoms with Crippen molar-refractivity contribution in [1.29, 1.82) is 0 Å². The van der Waals surface area contributed by atoms with Crippen LogP contribution in [0, 0.1) is 17.5 Å². The predicted octanol–water partition coefficient (Wildman–Crippen LogP) is 3.85. The first kappa shape index (κ1) is 14.7. The number of rotatable bonds is 3. The highest BCUT2D eigenvalue weighted by Crippen LogP contribution is 2.32. The van der Waals surface area contributed by atoms with E-state index < -0.39 is 23.6 Å². The Kier molecular flexibility index (Phi) is 4.20. The highest BCUT2D eigenvalue weighted by Gasteiger charge is 2.20. The van der Waals surface area contributed by atoms with Crippen LogP contribution in [0.2, 0.25) is 5.02 Å². The Hall–Kier alpha value is -1.72. The van der Waals surface area contributed by atoms with E-state index >= 15 is 0 Å². The van der Waals surface area contributed by atoms with Crippen LogP contribution in [-0.2, 0) is 0 Å². The number of ether oxygens (including phenoxy) is 1. The average molecular weight is 303 g/mol. The largest absolute Gasteiger partial charge is 0.497 e. The summed E-state index contributed by atoms with van der Waals surface area (Å²) in [7, 11) is 1.37. The van der Waals surface area contributed by atoms with Crippen LogP contribution in [0.1, 0.15) is 17.2 Å². The van der Waals surface area contributed by atoms with Gasteiger partial charge in [0.1, 0.15) is 17.7 Å². The second kappa shape index (κ2) is 5.73. The summed E-state index contributed by atoms with van der Waals surface area (Å²) < 4.78 is 44.8. The van der Waals surface area contributed by atoms with E-state index in [2.05, 4.69) is 0 Å².